The molecule has 0 radical (unpaired) electrons. The number of aromatic amines is 2. The van der Waals surface area contributed by atoms with Crippen LogP contribution in [-0.4, -0.2) is 40.7 Å². The summed E-state index contributed by atoms with van der Waals surface area (Å²) in [5, 5.41) is 14.4. The van der Waals surface area contributed by atoms with Gasteiger partial charge in [-0.05, 0) is 18.9 Å². The van der Waals surface area contributed by atoms with Crippen LogP contribution in [0, 0.1) is 0 Å². The van der Waals surface area contributed by atoms with Gasteiger partial charge in [0.25, 0.3) is 5.62 Å². The van der Waals surface area contributed by atoms with Crippen LogP contribution >= 0.6 is 0 Å². The molecule has 0 aromatic carbocycles. The number of nitrogens with two attached hydrogens (primary N) is 1. The summed E-state index contributed by atoms with van der Waals surface area (Å²) >= 11 is 0. The summed E-state index contributed by atoms with van der Waals surface area (Å²) in [5.74, 6) is -0.164. The van der Waals surface area contributed by atoms with Crippen molar-refractivity contribution in [2.45, 2.75) is 18.9 Å². The summed E-state index contributed by atoms with van der Waals surface area (Å²) in [4.78, 5) is 28.6. The summed E-state index contributed by atoms with van der Waals surface area (Å²) < 4.78 is 1.49. The fourth-order valence-corrected chi connectivity index (χ4v) is 2.10. The predicted octanol–water partition coefficient (Wildman–Crippen LogP) is -1.96. The Morgan fingerprint density at radius 1 is 1.41 bits per heavy atom. The fraction of sp³-hybridized carbons (Fsp3) is 0.250. The Morgan fingerprint density at radius 2 is 2.23 bits per heavy atom. The molecule has 112 valence electrons. The van der Waals surface area contributed by atoms with Crippen LogP contribution in [0.4, 0.5) is 5.95 Å². The SMILES string of the molecule is Nc1nc(=NC2CC2)n2ncc(=Cc3[nH]c(=O)[nH]c3O)c2n1. The first-order valence-electron chi connectivity index (χ1n) is 6.68. The minimum Gasteiger partial charge on any atom is -0.493 e. The van der Waals surface area contributed by atoms with E-state index in [-0.39, 0.29) is 23.6 Å². The minimum absolute atomic E-state index is 0.0915. The number of nitrogen functional groups attached to an aromatic ring is 1. The highest BCUT2D eigenvalue weighted by atomic mass is 16.3. The van der Waals surface area contributed by atoms with E-state index in [1.807, 2.05) is 0 Å². The number of rotatable bonds is 2. The van der Waals surface area contributed by atoms with Crippen LogP contribution in [0.1, 0.15) is 18.5 Å². The van der Waals surface area contributed by atoms with E-state index in [1.165, 1.54) is 4.52 Å². The third kappa shape index (κ3) is 2.10. The number of hydrogen-bond donors (Lipinski definition) is 4. The molecule has 10 nitrogen and oxygen atoms in total. The lowest BCUT2D eigenvalue weighted by Crippen LogP contribution is -2.24. The van der Waals surface area contributed by atoms with Gasteiger partial charge in [0.05, 0.1) is 12.2 Å². The Balaban J connectivity index is 1.98. The van der Waals surface area contributed by atoms with Gasteiger partial charge in [-0.25, -0.2) is 9.79 Å². The van der Waals surface area contributed by atoms with Gasteiger partial charge in [-0.2, -0.15) is 19.6 Å². The quantitative estimate of drug-likeness (QED) is 0.431. The van der Waals surface area contributed by atoms with Crippen molar-refractivity contribution in [3.63, 3.8) is 0 Å². The first-order chi connectivity index (χ1) is 10.6. The Bertz CT molecular complexity index is 1040. The van der Waals surface area contributed by atoms with Gasteiger partial charge in [-0.1, -0.05) is 0 Å². The zero-order valence-electron chi connectivity index (χ0n) is 11.3. The van der Waals surface area contributed by atoms with Gasteiger partial charge in [0.15, 0.2) is 5.65 Å². The lowest BCUT2D eigenvalue weighted by molar-refractivity contribution is 0.454. The number of H-pyrrole nitrogens is 2. The molecule has 0 aliphatic heterocycles. The zero-order valence-corrected chi connectivity index (χ0v) is 11.3. The Hall–Kier alpha value is -3.17. The molecule has 5 N–H and O–H groups in total. The average molecular weight is 300 g/mol. The Morgan fingerprint density at radius 3 is 2.91 bits per heavy atom. The number of hydrogen-bond acceptors (Lipinski definition) is 7. The third-order valence-corrected chi connectivity index (χ3v) is 3.28. The number of nitrogens with zero attached hydrogens (tertiary/aromatic N) is 5. The van der Waals surface area contributed by atoms with Crippen LogP contribution in [0.15, 0.2) is 16.0 Å². The minimum atomic E-state index is -0.501. The lowest BCUT2D eigenvalue weighted by atomic mass is 10.3. The van der Waals surface area contributed by atoms with E-state index in [0.717, 1.165) is 12.8 Å². The van der Waals surface area contributed by atoms with Gasteiger partial charge in [0.1, 0.15) is 5.69 Å². The van der Waals surface area contributed by atoms with E-state index in [2.05, 4.69) is 30.0 Å². The van der Waals surface area contributed by atoms with Gasteiger partial charge in [0.2, 0.25) is 11.8 Å². The second kappa shape index (κ2) is 4.41. The summed E-state index contributed by atoms with van der Waals surface area (Å²) in [6, 6.07) is 0.263. The van der Waals surface area contributed by atoms with Crippen LogP contribution in [0.25, 0.3) is 11.7 Å². The average Bonchev–Trinajstić information content (AvgIpc) is 3.09. The number of fused-ring (bicyclic) bond motifs is 1. The van der Waals surface area contributed by atoms with Gasteiger partial charge in [-0.15, -0.1) is 0 Å². The normalized spacial score (nSPS) is 16.7. The van der Waals surface area contributed by atoms with Crippen LogP contribution in [-0.2, 0) is 0 Å². The van der Waals surface area contributed by atoms with Crippen molar-refractivity contribution in [2.24, 2.45) is 4.99 Å². The largest absolute Gasteiger partial charge is 0.493 e. The van der Waals surface area contributed by atoms with Gasteiger partial charge >= 0.3 is 5.69 Å². The van der Waals surface area contributed by atoms with Crippen LogP contribution < -0.4 is 22.3 Å². The van der Waals surface area contributed by atoms with Crippen molar-refractivity contribution in [3.05, 3.63) is 33.2 Å². The van der Waals surface area contributed by atoms with E-state index in [0.29, 0.717) is 16.5 Å². The number of aromatic hydroxyl groups is 1. The zero-order chi connectivity index (χ0) is 15.3. The topological polar surface area (TPSA) is 150 Å². The molecule has 1 saturated carbocycles. The second-order valence-electron chi connectivity index (χ2n) is 5.06. The fourth-order valence-electron chi connectivity index (χ4n) is 2.10. The molecule has 0 unspecified atom stereocenters. The van der Waals surface area contributed by atoms with Crippen molar-refractivity contribution in [1.82, 2.24) is 29.5 Å². The molecule has 22 heavy (non-hydrogen) atoms. The molecule has 1 aliphatic rings. The van der Waals surface area contributed by atoms with Gasteiger partial charge in [0, 0.05) is 5.22 Å². The summed E-state index contributed by atoms with van der Waals surface area (Å²) in [6.07, 6.45) is 5.15. The van der Waals surface area contributed by atoms with Crippen molar-refractivity contribution in [2.75, 3.05) is 5.73 Å². The molecule has 4 rings (SSSR count). The molecule has 1 aliphatic carbocycles. The molecular formula is C12H12N8O2. The van der Waals surface area contributed by atoms with E-state index < -0.39 is 5.69 Å². The Labute approximate surface area is 122 Å². The summed E-state index contributed by atoms with van der Waals surface area (Å²) in [5.41, 5.74) is 6.31. The first kappa shape index (κ1) is 12.6. The highest BCUT2D eigenvalue weighted by molar-refractivity contribution is 5.56. The monoisotopic (exact) mass is 300 g/mol. The molecule has 3 aromatic heterocycles. The standard InChI is InChI=1S/C12H12N8O2/c13-10-17-8-5(3-7-9(21)18-12(22)16-7)4-14-20(8)11(19-10)15-6-1-2-6/h3-4,6,21H,1-2H2,(H2,13,15,19)(H2,16,18,22). The molecule has 0 saturated heterocycles. The van der Waals surface area contributed by atoms with Gasteiger partial charge < -0.3 is 15.8 Å². The van der Waals surface area contributed by atoms with Crippen LogP contribution in [0.2, 0.25) is 0 Å². The molecule has 0 amide bonds. The summed E-state index contributed by atoms with van der Waals surface area (Å²) in [6.45, 7) is 0. The molecule has 0 atom stereocenters. The first-order valence-corrected chi connectivity index (χ1v) is 6.68. The number of aromatic nitrogens is 6. The second-order valence-corrected chi connectivity index (χ2v) is 5.06. The maximum atomic E-state index is 11.2. The van der Waals surface area contributed by atoms with Crippen molar-refractivity contribution >= 4 is 17.7 Å². The molecule has 0 spiro atoms. The molecule has 3 aromatic rings. The highest BCUT2D eigenvalue weighted by Crippen LogP contribution is 2.22. The van der Waals surface area contributed by atoms with E-state index in [1.54, 1.807) is 12.3 Å². The third-order valence-electron chi connectivity index (χ3n) is 3.28. The van der Waals surface area contributed by atoms with Gasteiger partial charge in [-0.3, -0.25) is 4.98 Å². The van der Waals surface area contributed by atoms with Crippen molar-refractivity contribution in [3.8, 4) is 5.88 Å². The predicted molar refractivity (Wildman–Crippen MR) is 75.6 cm³/mol. The smallest absolute Gasteiger partial charge is 0.326 e. The van der Waals surface area contributed by atoms with Crippen molar-refractivity contribution in [1.29, 1.82) is 0 Å². The maximum absolute atomic E-state index is 11.2. The van der Waals surface area contributed by atoms with Crippen LogP contribution in [0.5, 0.6) is 5.88 Å². The number of anilines is 1. The molecule has 3 heterocycles. The van der Waals surface area contributed by atoms with Crippen LogP contribution in [0.3, 0.4) is 0 Å². The molecule has 1 fully saturated rings. The van der Waals surface area contributed by atoms with E-state index >= 15 is 0 Å². The highest BCUT2D eigenvalue weighted by Gasteiger charge is 2.20. The number of nitrogens with one attached hydrogen (secondary N) is 2. The van der Waals surface area contributed by atoms with E-state index in [9.17, 15) is 9.90 Å². The molecular weight excluding hydrogens is 288 g/mol. The maximum Gasteiger partial charge on any atom is 0.326 e. The number of imidazole rings is 1. The molecule has 0 bridgehead atoms. The molecule has 10 heteroatoms. The summed E-state index contributed by atoms with van der Waals surface area (Å²) in [7, 11) is 0. The Kier molecular flexibility index (Phi) is 2.52. The lowest BCUT2D eigenvalue weighted by Gasteiger charge is -1.95. The van der Waals surface area contributed by atoms with E-state index in [4.69, 9.17) is 5.73 Å². The van der Waals surface area contributed by atoms with Crippen molar-refractivity contribution < 1.29 is 5.11 Å².